The van der Waals surface area contributed by atoms with E-state index in [1.54, 1.807) is 46.8 Å². The Labute approximate surface area is 179 Å². The molecule has 2 unspecified atom stereocenters. The predicted octanol–water partition coefficient (Wildman–Crippen LogP) is 3.66. The lowest BCUT2D eigenvalue weighted by Gasteiger charge is -2.33. The molecule has 0 aliphatic carbocycles. The Morgan fingerprint density at radius 1 is 1.17 bits per heavy atom. The minimum absolute atomic E-state index is 0.0892. The van der Waals surface area contributed by atoms with Crippen LogP contribution in [-0.4, -0.2) is 47.0 Å². The second-order valence-corrected chi connectivity index (χ2v) is 8.43. The van der Waals surface area contributed by atoms with Crippen LogP contribution in [0, 0.1) is 0 Å². The van der Waals surface area contributed by atoms with Crippen molar-refractivity contribution in [3.63, 3.8) is 0 Å². The molecule has 0 bridgehead atoms. The van der Waals surface area contributed by atoms with Gasteiger partial charge < -0.3 is 20.3 Å². The predicted molar refractivity (Wildman–Crippen MR) is 119 cm³/mol. The second kappa shape index (κ2) is 10.8. The maximum absolute atomic E-state index is 13.2. The van der Waals surface area contributed by atoms with E-state index in [1.807, 2.05) is 32.0 Å². The fourth-order valence-corrected chi connectivity index (χ4v) is 2.95. The van der Waals surface area contributed by atoms with Crippen LogP contribution in [0.4, 0.5) is 4.79 Å². The highest BCUT2D eigenvalue weighted by molar-refractivity contribution is 5.92. The largest absolute Gasteiger partial charge is 0.444 e. The van der Waals surface area contributed by atoms with Gasteiger partial charge in [-0.15, -0.1) is 0 Å². The normalized spacial score (nSPS) is 13.2. The first kappa shape index (κ1) is 25.2. The number of amides is 3. The van der Waals surface area contributed by atoms with Gasteiger partial charge in [-0.05, 0) is 65.7 Å². The van der Waals surface area contributed by atoms with Gasteiger partial charge in [0.05, 0.1) is 0 Å². The summed E-state index contributed by atoms with van der Waals surface area (Å²) in [6.45, 7) is 16.4. The summed E-state index contributed by atoms with van der Waals surface area (Å²) in [6, 6.07) is 5.54. The maximum Gasteiger partial charge on any atom is 0.408 e. The number of nitrogens with zero attached hydrogens (tertiary/aromatic N) is 1. The Morgan fingerprint density at radius 3 is 2.30 bits per heavy atom. The zero-order valence-corrected chi connectivity index (χ0v) is 19.1. The summed E-state index contributed by atoms with van der Waals surface area (Å²) in [5, 5.41) is 5.45. The average molecular weight is 418 g/mol. The number of carbonyl (C=O) groups excluding carboxylic acids is 3. The van der Waals surface area contributed by atoms with Crippen LogP contribution in [0.2, 0.25) is 0 Å². The minimum Gasteiger partial charge on any atom is -0.444 e. The molecule has 1 aromatic carbocycles. The van der Waals surface area contributed by atoms with Crippen LogP contribution in [0.25, 0.3) is 6.08 Å². The third-order valence-electron chi connectivity index (χ3n) is 4.18. The summed E-state index contributed by atoms with van der Waals surface area (Å²) in [6.07, 6.45) is 1.00. The van der Waals surface area contributed by atoms with Gasteiger partial charge >= 0.3 is 6.09 Å². The fourth-order valence-electron chi connectivity index (χ4n) is 2.95. The molecule has 0 radical (unpaired) electrons. The molecule has 1 rings (SSSR count). The van der Waals surface area contributed by atoms with Crippen LogP contribution in [-0.2, 0) is 14.3 Å². The Hall–Kier alpha value is -2.83. The first-order valence-corrected chi connectivity index (χ1v) is 10.2. The Morgan fingerprint density at radius 2 is 1.80 bits per heavy atom. The van der Waals surface area contributed by atoms with Crippen LogP contribution in [0.3, 0.4) is 0 Å². The molecule has 0 saturated carbocycles. The smallest absolute Gasteiger partial charge is 0.408 e. The third-order valence-corrected chi connectivity index (χ3v) is 4.18. The van der Waals surface area contributed by atoms with Crippen molar-refractivity contribution < 1.29 is 19.1 Å². The van der Waals surface area contributed by atoms with Crippen molar-refractivity contribution in [3.05, 3.63) is 42.0 Å². The van der Waals surface area contributed by atoms with Gasteiger partial charge in [0.15, 0.2) is 0 Å². The number of ether oxygens (including phenoxy) is 1. The number of rotatable bonds is 8. The molecule has 0 aliphatic heterocycles. The Kier molecular flexibility index (Phi) is 9.08. The highest BCUT2D eigenvalue weighted by Gasteiger charge is 2.34. The monoisotopic (exact) mass is 417 g/mol. The Bertz CT molecular complexity index is 768. The lowest BCUT2D eigenvalue weighted by molar-refractivity contribution is -0.142. The van der Waals surface area contributed by atoms with Gasteiger partial charge in [0.2, 0.25) is 11.8 Å². The van der Waals surface area contributed by atoms with Gasteiger partial charge in [-0.25, -0.2) is 4.79 Å². The summed E-state index contributed by atoms with van der Waals surface area (Å²) in [7, 11) is 0. The Balaban J connectivity index is 3.20. The van der Waals surface area contributed by atoms with E-state index in [1.165, 1.54) is 4.90 Å². The van der Waals surface area contributed by atoms with Crippen LogP contribution in [0.15, 0.2) is 30.8 Å². The average Bonchev–Trinajstić information content (AvgIpc) is 2.63. The standard InChI is InChI=1S/C23H35N3O4/c1-9-17-12-11-13-18(14-17)19(20(27)24-15(3)4)26(10-2)21(28)16(5)25-22(29)30-23(6,7)8/h9,11-16,19H,1,10H2,2-8H3,(H,24,27)(H,25,29). The molecule has 0 heterocycles. The van der Waals surface area contributed by atoms with Crippen molar-refractivity contribution in [1.29, 1.82) is 0 Å². The van der Waals surface area contributed by atoms with E-state index in [0.717, 1.165) is 5.56 Å². The topological polar surface area (TPSA) is 87.7 Å². The van der Waals surface area contributed by atoms with Crippen LogP contribution < -0.4 is 10.6 Å². The summed E-state index contributed by atoms with van der Waals surface area (Å²) >= 11 is 0. The van der Waals surface area contributed by atoms with E-state index < -0.39 is 23.8 Å². The quantitative estimate of drug-likeness (QED) is 0.676. The van der Waals surface area contributed by atoms with E-state index in [0.29, 0.717) is 5.56 Å². The van der Waals surface area contributed by atoms with Crippen LogP contribution in [0.1, 0.15) is 65.6 Å². The summed E-state index contributed by atoms with van der Waals surface area (Å²) in [5.41, 5.74) is 0.839. The lowest BCUT2D eigenvalue weighted by Crippen LogP contribution is -2.52. The number of carbonyl (C=O) groups is 3. The van der Waals surface area contributed by atoms with Gasteiger partial charge in [-0.2, -0.15) is 0 Å². The third kappa shape index (κ3) is 7.54. The maximum atomic E-state index is 13.2. The van der Waals surface area contributed by atoms with E-state index in [2.05, 4.69) is 17.2 Å². The second-order valence-electron chi connectivity index (χ2n) is 8.43. The number of benzene rings is 1. The first-order chi connectivity index (χ1) is 13.9. The lowest BCUT2D eigenvalue weighted by atomic mass is 10.0. The highest BCUT2D eigenvalue weighted by atomic mass is 16.6. The van der Waals surface area contributed by atoms with Crippen LogP contribution in [0.5, 0.6) is 0 Å². The zero-order valence-electron chi connectivity index (χ0n) is 19.1. The molecule has 3 amide bonds. The first-order valence-electron chi connectivity index (χ1n) is 10.2. The number of alkyl carbamates (subject to hydrolysis) is 1. The van der Waals surface area contributed by atoms with Crippen LogP contribution >= 0.6 is 0 Å². The molecule has 0 fully saturated rings. The molecule has 166 valence electrons. The summed E-state index contributed by atoms with van der Waals surface area (Å²) in [4.78, 5) is 39.8. The number of likely N-dealkylation sites (N-methyl/N-ethyl adjacent to an activating group) is 1. The molecule has 1 aromatic rings. The number of nitrogens with one attached hydrogen (secondary N) is 2. The SMILES string of the molecule is C=Cc1cccc(C(C(=O)NC(C)C)N(CC)C(=O)C(C)NC(=O)OC(C)(C)C)c1. The molecule has 0 saturated heterocycles. The molecule has 0 spiro atoms. The molecular formula is C23H35N3O4. The fraction of sp³-hybridized carbons (Fsp3) is 0.522. The molecule has 7 heteroatoms. The molecule has 7 nitrogen and oxygen atoms in total. The molecule has 2 N–H and O–H groups in total. The molecule has 30 heavy (non-hydrogen) atoms. The van der Waals surface area contributed by atoms with E-state index in [9.17, 15) is 14.4 Å². The van der Waals surface area contributed by atoms with E-state index >= 15 is 0 Å². The molecule has 2 atom stereocenters. The summed E-state index contributed by atoms with van der Waals surface area (Å²) in [5.74, 6) is -0.665. The van der Waals surface area contributed by atoms with Gasteiger partial charge in [-0.3, -0.25) is 9.59 Å². The van der Waals surface area contributed by atoms with Gasteiger partial charge in [0.25, 0.3) is 0 Å². The van der Waals surface area contributed by atoms with Crippen molar-refractivity contribution >= 4 is 24.0 Å². The van der Waals surface area contributed by atoms with E-state index in [-0.39, 0.29) is 24.4 Å². The summed E-state index contributed by atoms with van der Waals surface area (Å²) < 4.78 is 5.24. The van der Waals surface area contributed by atoms with Crippen molar-refractivity contribution in [2.75, 3.05) is 6.54 Å². The van der Waals surface area contributed by atoms with Crippen molar-refractivity contribution in [3.8, 4) is 0 Å². The molecular weight excluding hydrogens is 382 g/mol. The molecule has 0 aromatic heterocycles. The van der Waals surface area contributed by atoms with Gasteiger partial charge in [0, 0.05) is 12.6 Å². The van der Waals surface area contributed by atoms with Gasteiger partial charge in [-0.1, -0.05) is 30.9 Å². The highest BCUT2D eigenvalue weighted by Crippen LogP contribution is 2.24. The van der Waals surface area contributed by atoms with Crippen molar-refractivity contribution in [2.24, 2.45) is 0 Å². The minimum atomic E-state index is -0.864. The van der Waals surface area contributed by atoms with Crippen molar-refractivity contribution in [2.45, 2.75) is 72.2 Å². The molecule has 0 aliphatic rings. The zero-order chi connectivity index (χ0) is 23.1. The van der Waals surface area contributed by atoms with E-state index in [4.69, 9.17) is 4.74 Å². The number of hydrogen-bond donors (Lipinski definition) is 2. The van der Waals surface area contributed by atoms with Crippen molar-refractivity contribution in [1.82, 2.24) is 15.5 Å². The van der Waals surface area contributed by atoms with Gasteiger partial charge in [0.1, 0.15) is 17.7 Å². The number of hydrogen-bond acceptors (Lipinski definition) is 4.